The predicted molar refractivity (Wildman–Crippen MR) is 91.4 cm³/mol. The summed E-state index contributed by atoms with van der Waals surface area (Å²) in [5.74, 6) is 0. The molecule has 0 aromatic heterocycles. The maximum Gasteiger partial charge on any atom is 0.0608 e. The van der Waals surface area contributed by atoms with E-state index in [1.807, 2.05) is 0 Å². The highest BCUT2D eigenvalue weighted by Crippen LogP contribution is 2.42. The number of nitrogens with one attached hydrogen (secondary N) is 1. The third-order valence-corrected chi connectivity index (χ3v) is 5.06. The zero-order chi connectivity index (χ0) is 14.8. The molecule has 1 aromatic carbocycles. The lowest BCUT2D eigenvalue weighted by Crippen LogP contribution is -2.49. The van der Waals surface area contributed by atoms with E-state index in [2.05, 4.69) is 60.4 Å². The van der Waals surface area contributed by atoms with Crippen molar-refractivity contribution < 1.29 is 0 Å². The van der Waals surface area contributed by atoms with Crippen LogP contribution < -0.4 is 15.1 Å². The Morgan fingerprint density at radius 3 is 2.43 bits per heavy atom. The number of fused-ring (bicyclic) bond motifs is 2. The Labute approximate surface area is 129 Å². The van der Waals surface area contributed by atoms with Gasteiger partial charge in [0.25, 0.3) is 0 Å². The Bertz CT molecular complexity index is 457. The van der Waals surface area contributed by atoms with Gasteiger partial charge in [-0.1, -0.05) is 19.1 Å². The highest BCUT2D eigenvalue weighted by molar-refractivity contribution is 5.72. The molecule has 0 amide bonds. The van der Waals surface area contributed by atoms with Crippen molar-refractivity contribution in [2.45, 2.75) is 57.2 Å². The summed E-state index contributed by atoms with van der Waals surface area (Å²) in [5, 5.41) is 3.74. The molecule has 3 heteroatoms. The van der Waals surface area contributed by atoms with Crippen LogP contribution in [0.2, 0.25) is 0 Å². The third kappa shape index (κ3) is 2.89. The van der Waals surface area contributed by atoms with Crippen LogP contribution >= 0.6 is 0 Å². The highest BCUT2D eigenvalue weighted by Gasteiger charge is 2.41. The molecule has 2 bridgehead atoms. The predicted octanol–water partition coefficient (Wildman–Crippen LogP) is 3.25. The van der Waals surface area contributed by atoms with Gasteiger partial charge in [0.05, 0.1) is 11.4 Å². The summed E-state index contributed by atoms with van der Waals surface area (Å²) in [6.07, 6.45) is 6.56. The van der Waals surface area contributed by atoms with Crippen molar-refractivity contribution in [3.63, 3.8) is 0 Å². The summed E-state index contributed by atoms with van der Waals surface area (Å²) in [6.45, 7) is 3.42. The molecule has 0 aliphatic carbocycles. The zero-order valence-electron chi connectivity index (χ0n) is 13.7. The molecule has 2 aliphatic heterocycles. The van der Waals surface area contributed by atoms with Gasteiger partial charge in [0.2, 0.25) is 0 Å². The van der Waals surface area contributed by atoms with Crippen LogP contribution in [0.4, 0.5) is 11.4 Å². The first-order chi connectivity index (χ1) is 10.2. The Kier molecular flexibility index (Phi) is 4.39. The van der Waals surface area contributed by atoms with E-state index in [9.17, 15) is 0 Å². The molecule has 1 aromatic rings. The van der Waals surface area contributed by atoms with Gasteiger partial charge in [0.15, 0.2) is 0 Å². The molecule has 2 aliphatic rings. The molecule has 3 rings (SSSR count). The fourth-order valence-corrected chi connectivity index (χ4v) is 4.15. The number of hydrogen-bond donors (Lipinski definition) is 1. The quantitative estimate of drug-likeness (QED) is 0.897. The number of benzene rings is 1. The number of nitrogens with zero attached hydrogens (tertiary/aromatic N) is 2. The SMILES string of the molecule is CCCNC1CC2CCC(C1)N2c1ccccc1N(C)C. The highest BCUT2D eigenvalue weighted by atomic mass is 15.3. The molecule has 116 valence electrons. The lowest BCUT2D eigenvalue weighted by atomic mass is 9.96. The van der Waals surface area contributed by atoms with Gasteiger partial charge in [-0.25, -0.2) is 0 Å². The van der Waals surface area contributed by atoms with Crippen molar-refractivity contribution in [3.8, 4) is 0 Å². The standard InChI is InChI=1S/C18H29N3/c1-4-11-19-14-12-15-9-10-16(13-14)21(15)18-8-6-5-7-17(18)20(2)3/h5-8,14-16,19H,4,9-13H2,1-3H3. The van der Waals surface area contributed by atoms with E-state index in [-0.39, 0.29) is 0 Å². The molecule has 1 N–H and O–H groups in total. The topological polar surface area (TPSA) is 18.5 Å². The molecule has 2 atom stereocenters. The van der Waals surface area contributed by atoms with Crippen LogP contribution in [0.25, 0.3) is 0 Å². The Balaban J connectivity index is 1.79. The minimum Gasteiger partial charge on any atom is -0.376 e. The summed E-state index contributed by atoms with van der Waals surface area (Å²) in [6, 6.07) is 11.1. The molecule has 0 radical (unpaired) electrons. The van der Waals surface area contributed by atoms with Crippen LogP contribution in [0.3, 0.4) is 0 Å². The van der Waals surface area contributed by atoms with Crippen LogP contribution in [-0.2, 0) is 0 Å². The molecular formula is C18H29N3. The molecule has 0 spiro atoms. The Morgan fingerprint density at radius 2 is 1.81 bits per heavy atom. The van der Waals surface area contributed by atoms with Crippen LogP contribution in [0, 0.1) is 0 Å². The number of rotatable bonds is 5. The molecule has 2 unspecified atom stereocenters. The van der Waals surface area contributed by atoms with E-state index in [1.54, 1.807) is 0 Å². The number of para-hydroxylation sites is 2. The first kappa shape index (κ1) is 14.7. The van der Waals surface area contributed by atoms with Gasteiger partial charge in [-0.05, 0) is 50.8 Å². The fourth-order valence-electron chi connectivity index (χ4n) is 4.15. The first-order valence-electron chi connectivity index (χ1n) is 8.48. The van der Waals surface area contributed by atoms with Crippen molar-refractivity contribution >= 4 is 11.4 Å². The number of piperidine rings is 1. The summed E-state index contributed by atoms with van der Waals surface area (Å²) >= 11 is 0. The van der Waals surface area contributed by atoms with Gasteiger partial charge in [0.1, 0.15) is 0 Å². The fraction of sp³-hybridized carbons (Fsp3) is 0.667. The molecule has 3 nitrogen and oxygen atoms in total. The molecule has 2 saturated heterocycles. The molecular weight excluding hydrogens is 258 g/mol. The van der Waals surface area contributed by atoms with Crippen molar-refractivity contribution in [1.82, 2.24) is 5.32 Å². The van der Waals surface area contributed by atoms with Gasteiger partial charge < -0.3 is 15.1 Å². The Hall–Kier alpha value is -1.22. The van der Waals surface area contributed by atoms with E-state index in [0.29, 0.717) is 0 Å². The van der Waals surface area contributed by atoms with E-state index in [0.717, 1.165) is 18.1 Å². The molecule has 0 saturated carbocycles. The van der Waals surface area contributed by atoms with Gasteiger partial charge in [-0.3, -0.25) is 0 Å². The molecule has 2 fully saturated rings. The van der Waals surface area contributed by atoms with Crippen molar-refractivity contribution in [2.24, 2.45) is 0 Å². The summed E-state index contributed by atoms with van der Waals surface area (Å²) < 4.78 is 0. The lowest BCUT2D eigenvalue weighted by molar-refractivity contribution is 0.357. The molecule has 2 heterocycles. The van der Waals surface area contributed by atoms with Gasteiger partial charge in [0, 0.05) is 32.2 Å². The normalized spacial score (nSPS) is 28.0. The van der Waals surface area contributed by atoms with Gasteiger partial charge >= 0.3 is 0 Å². The summed E-state index contributed by atoms with van der Waals surface area (Å²) in [4.78, 5) is 4.97. The largest absolute Gasteiger partial charge is 0.376 e. The monoisotopic (exact) mass is 287 g/mol. The van der Waals surface area contributed by atoms with Crippen LogP contribution in [0.15, 0.2) is 24.3 Å². The van der Waals surface area contributed by atoms with Crippen molar-refractivity contribution in [2.75, 3.05) is 30.4 Å². The van der Waals surface area contributed by atoms with Gasteiger partial charge in [-0.2, -0.15) is 0 Å². The maximum absolute atomic E-state index is 3.74. The Morgan fingerprint density at radius 1 is 1.14 bits per heavy atom. The average molecular weight is 287 g/mol. The summed E-state index contributed by atoms with van der Waals surface area (Å²) in [7, 11) is 4.30. The van der Waals surface area contributed by atoms with Gasteiger partial charge in [-0.15, -0.1) is 0 Å². The number of hydrogen-bond acceptors (Lipinski definition) is 3. The van der Waals surface area contributed by atoms with Crippen molar-refractivity contribution in [3.05, 3.63) is 24.3 Å². The second-order valence-electron chi connectivity index (χ2n) is 6.80. The van der Waals surface area contributed by atoms with E-state index < -0.39 is 0 Å². The average Bonchev–Trinajstić information content (AvgIpc) is 2.75. The van der Waals surface area contributed by atoms with Crippen LogP contribution in [0.1, 0.15) is 39.0 Å². The minimum atomic E-state index is 0.721. The minimum absolute atomic E-state index is 0.721. The van der Waals surface area contributed by atoms with Crippen LogP contribution in [0.5, 0.6) is 0 Å². The smallest absolute Gasteiger partial charge is 0.0608 e. The number of anilines is 2. The summed E-state index contributed by atoms with van der Waals surface area (Å²) in [5.41, 5.74) is 2.79. The van der Waals surface area contributed by atoms with Crippen molar-refractivity contribution in [1.29, 1.82) is 0 Å². The van der Waals surface area contributed by atoms with E-state index >= 15 is 0 Å². The van der Waals surface area contributed by atoms with E-state index in [4.69, 9.17) is 0 Å². The second-order valence-corrected chi connectivity index (χ2v) is 6.80. The lowest BCUT2D eigenvalue weighted by Gasteiger charge is -2.42. The van der Waals surface area contributed by atoms with E-state index in [1.165, 1.54) is 50.0 Å². The zero-order valence-corrected chi connectivity index (χ0v) is 13.7. The second kappa shape index (κ2) is 6.27. The van der Waals surface area contributed by atoms with Crippen LogP contribution in [-0.4, -0.2) is 38.8 Å². The molecule has 21 heavy (non-hydrogen) atoms. The first-order valence-corrected chi connectivity index (χ1v) is 8.48. The maximum atomic E-state index is 3.74. The third-order valence-electron chi connectivity index (χ3n) is 5.06.